The summed E-state index contributed by atoms with van der Waals surface area (Å²) in [5.74, 6) is 2.68. The second-order valence-electron chi connectivity index (χ2n) is 8.23. The molecule has 1 aromatic rings. The maximum atomic E-state index is 5.47. The number of aliphatic imine (C=N–C) groups is 1. The Bertz CT molecular complexity index is 613. The molecule has 0 bridgehead atoms. The van der Waals surface area contributed by atoms with Gasteiger partial charge in [-0.25, -0.2) is 9.97 Å². The average Bonchev–Trinajstić information content (AvgIpc) is 2.81. The molecule has 8 nitrogen and oxygen atoms in total. The number of guanidine groups is 1. The standard InChI is InChI=1S/C22H39N7O/c1-3-23-21(27(2)13-6-20-7-18-30-19-8-20)24-11-5-12-28-14-16-29(17-15-28)22-25-9-4-10-26-22/h4,9-10,20H,3,5-8,11-19H2,1-2H3,(H,23,24). The van der Waals surface area contributed by atoms with Crippen LogP contribution in [0.4, 0.5) is 5.95 Å². The first kappa shape index (κ1) is 22.7. The van der Waals surface area contributed by atoms with Crippen LogP contribution >= 0.6 is 0 Å². The molecule has 0 spiro atoms. The van der Waals surface area contributed by atoms with Gasteiger partial charge in [-0.15, -0.1) is 0 Å². The van der Waals surface area contributed by atoms with Crippen LogP contribution in [0.1, 0.15) is 32.6 Å². The molecule has 3 rings (SSSR count). The zero-order chi connectivity index (χ0) is 21.0. The molecule has 8 heteroatoms. The second-order valence-corrected chi connectivity index (χ2v) is 8.23. The highest BCUT2D eigenvalue weighted by Gasteiger charge is 2.18. The summed E-state index contributed by atoms with van der Waals surface area (Å²) in [6.07, 6.45) is 8.34. The van der Waals surface area contributed by atoms with Crippen molar-refractivity contribution in [3.05, 3.63) is 18.5 Å². The third-order valence-electron chi connectivity index (χ3n) is 6.01. The van der Waals surface area contributed by atoms with Gasteiger partial charge in [0.25, 0.3) is 0 Å². The first-order valence-corrected chi connectivity index (χ1v) is 11.6. The van der Waals surface area contributed by atoms with Crippen molar-refractivity contribution in [2.45, 2.75) is 32.6 Å². The number of aromatic nitrogens is 2. The van der Waals surface area contributed by atoms with E-state index in [0.29, 0.717) is 0 Å². The smallest absolute Gasteiger partial charge is 0.225 e. The van der Waals surface area contributed by atoms with E-state index in [1.54, 1.807) is 0 Å². The number of rotatable bonds is 9. The molecule has 2 aliphatic heterocycles. The molecule has 1 N–H and O–H groups in total. The van der Waals surface area contributed by atoms with E-state index >= 15 is 0 Å². The van der Waals surface area contributed by atoms with Gasteiger partial charge in [0.2, 0.25) is 5.95 Å². The van der Waals surface area contributed by atoms with Crippen molar-refractivity contribution in [2.75, 3.05) is 77.5 Å². The molecule has 1 aromatic heterocycles. The summed E-state index contributed by atoms with van der Waals surface area (Å²) < 4.78 is 5.47. The first-order valence-electron chi connectivity index (χ1n) is 11.6. The van der Waals surface area contributed by atoms with E-state index in [-0.39, 0.29) is 0 Å². The Balaban J connectivity index is 1.35. The number of ether oxygens (including phenoxy) is 1. The molecule has 2 aliphatic rings. The Morgan fingerprint density at radius 1 is 1.20 bits per heavy atom. The molecule has 0 radical (unpaired) electrons. The van der Waals surface area contributed by atoms with Crippen LogP contribution in [0, 0.1) is 5.92 Å². The highest BCUT2D eigenvalue weighted by molar-refractivity contribution is 5.79. The number of anilines is 1. The third kappa shape index (κ3) is 7.40. The molecule has 0 unspecified atom stereocenters. The van der Waals surface area contributed by atoms with Gasteiger partial charge in [-0.05, 0) is 44.6 Å². The van der Waals surface area contributed by atoms with E-state index < -0.39 is 0 Å². The van der Waals surface area contributed by atoms with Gasteiger partial charge in [-0.1, -0.05) is 0 Å². The van der Waals surface area contributed by atoms with Crippen LogP contribution in [-0.2, 0) is 4.74 Å². The normalized spacial score (nSPS) is 19.1. The summed E-state index contributed by atoms with van der Waals surface area (Å²) in [4.78, 5) is 20.7. The van der Waals surface area contributed by atoms with Crippen LogP contribution in [0.3, 0.4) is 0 Å². The Kier molecular flexibility index (Phi) is 9.63. The summed E-state index contributed by atoms with van der Waals surface area (Å²) in [5.41, 5.74) is 0. The van der Waals surface area contributed by atoms with Gasteiger partial charge in [-0.2, -0.15) is 0 Å². The molecule has 0 aliphatic carbocycles. The van der Waals surface area contributed by atoms with Crippen LogP contribution in [0.15, 0.2) is 23.5 Å². The minimum absolute atomic E-state index is 0.795. The second kappa shape index (κ2) is 12.7. The van der Waals surface area contributed by atoms with Gasteiger partial charge >= 0.3 is 0 Å². The topological polar surface area (TPSA) is 69.1 Å². The fourth-order valence-electron chi connectivity index (χ4n) is 4.09. The van der Waals surface area contributed by atoms with Gasteiger partial charge in [-0.3, -0.25) is 9.89 Å². The lowest BCUT2D eigenvalue weighted by atomic mass is 9.96. The number of hydrogen-bond donors (Lipinski definition) is 1. The lowest BCUT2D eigenvalue weighted by Crippen LogP contribution is -2.47. The molecule has 0 aromatic carbocycles. The van der Waals surface area contributed by atoms with E-state index in [1.165, 1.54) is 19.3 Å². The van der Waals surface area contributed by atoms with Crippen molar-refractivity contribution in [3.8, 4) is 0 Å². The fraction of sp³-hybridized carbons (Fsp3) is 0.773. The van der Waals surface area contributed by atoms with Crippen LogP contribution in [0.2, 0.25) is 0 Å². The summed E-state index contributed by atoms with van der Waals surface area (Å²) in [6, 6.07) is 1.87. The highest BCUT2D eigenvalue weighted by atomic mass is 16.5. The Morgan fingerprint density at radius 3 is 2.63 bits per heavy atom. The monoisotopic (exact) mass is 417 g/mol. The number of hydrogen-bond acceptors (Lipinski definition) is 6. The maximum Gasteiger partial charge on any atom is 0.225 e. The van der Waals surface area contributed by atoms with Gasteiger partial charge < -0.3 is 19.9 Å². The van der Waals surface area contributed by atoms with Crippen molar-refractivity contribution in [1.29, 1.82) is 0 Å². The Morgan fingerprint density at radius 2 is 1.93 bits per heavy atom. The zero-order valence-corrected chi connectivity index (χ0v) is 18.8. The quantitative estimate of drug-likeness (QED) is 0.373. The Labute approximate surface area is 181 Å². The largest absolute Gasteiger partial charge is 0.381 e. The van der Waals surface area contributed by atoms with Crippen molar-refractivity contribution in [2.24, 2.45) is 10.9 Å². The summed E-state index contributed by atoms with van der Waals surface area (Å²) in [7, 11) is 2.16. The van der Waals surface area contributed by atoms with Crippen LogP contribution in [0.5, 0.6) is 0 Å². The lowest BCUT2D eigenvalue weighted by molar-refractivity contribution is 0.0625. The molecule has 0 amide bonds. The van der Waals surface area contributed by atoms with Crippen molar-refractivity contribution >= 4 is 11.9 Å². The predicted molar refractivity (Wildman–Crippen MR) is 122 cm³/mol. The fourth-order valence-corrected chi connectivity index (χ4v) is 4.09. The molecule has 168 valence electrons. The van der Waals surface area contributed by atoms with E-state index in [2.05, 4.69) is 44.0 Å². The van der Waals surface area contributed by atoms with E-state index in [4.69, 9.17) is 9.73 Å². The van der Waals surface area contributed by atoms with Crippen molar-refractivity contribution < 1.29 is 4.74 Å². The zero-order valence-electron chi connectivity index (χ0n) is 18.8. The number of piperazine rings is 1. The SMILES string of the molecule is CCNC(=NCCCN1CCN(c2ncccn2)CC1)N(C)CCC1CCOCC1. The maximum absolute atomic E-state index is 5.47. The highest BCUT2D eigenvalue weighted by Crippen LogP contribution is 2.18. The lowest BCUT2D eigenvalue weighted by Gasteiger charge is -2.34. The Hall–Kier alpha value is -1.93. The number of nitrogens with one attached hydrogen (secondary N) is 1. The minimum Gasteiger partial charge on any atom is -0.381 e. The minimum atomic E-state index is 0.795. The van der Waals surface area contributed by atoms with Crippen LogP contribution in [-0.4, -0.2) is 98.3 Å². The molecule has 3 heterocycles. The number of nitrogens with zero attached hydrogens (tertiary/aromatic N) is 6. The van der Waals surface area contributed by atoms with Crippen molar-refractivity contribution in [3.63, 3.8) is 0 Å². The van der Waals surface area contributed by atoms with E-state index in [9.17, 15) is 0 Å². The molecule has 2 saturated heterocycles. The van der Waals surface area contributed by atoms with Gasteiger partial charge in [0, 0.05) is 85.0 Å². The molecular weight excluding hydrogens is 378 g/mol. The summed E-state index contributed by atoms with van der Waals surface area (Å²) in [6.45, 7) is 12.0. The van der Waals surface area contributed by atoms with E-state index in [0.717, 1.165) is 89.8 Å². The molecule has 0 saturated carbocycles. The van der Waals surface area contributed by atoms with Gasteiger partial charge in [0.05, 0.1) is 0 Å². The van der Waals surface area contributed by atoms with Gasteiger partial charge in [0.15, 0.2) is 5.96 Å². The van der Waals surface area contributed by atoms with Crippen LogP contribution < -0.4 is 10.2 Å². The average molecular weight is 418 g/mol. The summed E-state index contributed by atoms with van der Waals surface area (Å²) in [5, 5.41) is 3.45. The van der Waals surface area contributed by atoms with E-state index in [1.807, 2.05) is 18.5 Å². The predicted octanol–water partition coefficient (Wildman–Crippen LogP) is 1.70. The van der Waals surface area contributed by atoms with Crippen LogP contribution in [0.25, 0.3) is 0 Å². The third-order valence-corrected chi connectivity index (χ3v) is 6.01. The summed E-state index contributed by atoms with van der Waals surface area (Å²) >= 11 is 0. The first-order chi connectivity index (χ1) is 14.8. The molecule has 30 heavy (non-hydrogen) atoms. The molecule has 0 atom stereocenters. The molecular formula is C22H39N7O. The molecule has 2 fully saturated rings. The van der Waals surface area contributed by atoms with Crippen molar-refractivity contribution in [1.82, 2.24) is 25.1 Å². The van der Waals surface area contributed by atoms with Gasteiger partial charge in [0.1, 0.15) is 0 Å².